The van der Waals surface area contributed by atoms with Crippen molar-refractivity contribution in [2.75, 3.05) is 51.8 Å². The lowest BCUT2D eigenvalue weighted by molar-refractivity contribution is 0.0864. The van der Waals surface area contributed by atoms with E-state index in [2.05, 4.69) is 34.0 Å². The van der Waals surface area contributed by atoms with Gasteiger partial charge in [-0.2, -0.15) is 0 Å². The van der Waals surface area contributed by atoms with Crippen LogP contribution in [0, 0.1) is 11.8 Å². The van der Waals surface area contributed by atoms with Crippen LogP contribution in [0.1, 0.15) is 46.0 Å². The number of nitrogens with zero attached hydrogens (tertiary/aromatic N) is 3. The second-order valence-electron chi connectivity index (χ2n) is 8.29. The van der Waals surface area contributed by atoms with Gasteiger partial charge in [0.1, 0.15) is 9.84 Å². The van der Waals surface area contributed by atoms with Gasteiger partial charge < -0.3 is 10.2 Å². The number of guanidine groups is 1. The summed E-state index contributed by atoms with van der Waals surface area (Å²) in [5.41, 5.74) is 0. The fraction of sp³-hybridized carbons (Fsp3) is 0.947. The number of nitrogens with one attached hydrogen (secondary N) is 1. The van der Waals surface area contributed by atoms with Crippen LogP contribution in [0.3, 0.4) is 0 Å². The Kier molecular flexibility index (Phi) is 10.9. The normalized spacial score (nSPS) is 25.4. The van der Waals surface area contributed by atoms with Crippen LogP contribution in [0.4, 0.5) is 0 Å². The monoisotopic (exact) mass is 514 g/mol. The molecule has 1 N–H and O–H groups in total. The Morgan fingerprint density at radius 1 is 1.11 bits per heavy atom. The molecule has 0 atom stereocenters. The zero-order valence-corrected chi connectivity index (χ0v) is 20.6. The lowest BCUT2D eigenvalue weighted by Crippen LogP contribution is -2.55. The molecule has 0 aromatic rings. The minimum atomic E-state index is -2.88. The smallest absolute Gasteiger partial charge is 0.193 e. The van der Waals surface area contributed by atoms with Gasteiger partial charge in [-0.15, -0.1) is 24.0 Å². The predicted octanol–water partition coefficient (Wildman–Crippen LogP) is 2.45. The van der Waals surface area contributed by atoms with Crippen LogP contribution in [0.2, 0.25) is 0 Å². The van der Waals surface area contributed by atoms with E-state index in [4.69, 9.17) is 0 Å². The molecular weight excluding hydrogens is 475 g/mol. The Bertz CT molecular complexity index is 552. The molecule has 1 aliphatic heterocycles. The van der Waals surface area contributed by atoms with E-state index in [0.717, 1.165) is 50.0 Å². The molecule has 1 aliphatic carbocycles. The van der Waals surface area contributed by atoms with Crippen molar-refractivity contribution in [3.05, 3.63) is 0 Å². The molecule has 1 heterocycles. The number of hydrogen-bond acceptors (Lipinski definition) is 4. The molecule has 0 amide bonds. The second kappa shape index (κ2) is 11.8. The van der Waals surface area contributed by atoms with Crippen LogP contribution in [0.5, 0.6) is 0 Å². The SMILES string of the molecule is CN=C(NCCCS(C)(=O)=O)N1CCN(C2CCC(C(C)C)CC2)CC1.I. The molecule has 1 saturated heterocycles. The molecule has 0 unspecified atom stereocenters. The summed E-state index contributed by atoms with van der Waals surface area (Å²) in [5, 5.41) is 3.32. The predicted molar refractivity (Wildman–Crippen MR) is 125 cm³/mol. The number of sulfone groups is 1. The molecule has 1 saturated carbocycles. The van der Waals surface area contributed by atoms with E-state index in [0.29, 0.717) is 13.0 Å². The summed E-state index contributed by atoms with van der Waals surface area (Å²) >= 11 is 0. The van der Waals surface area contributed by atoms with Gasteiger partial charge in [0.25, 0.3) is 0 Å². The van der Waals surface area contributed by atoms with Crippen molar-refractivity contribution in [3.8, 4) is 0 Å². The fourth-order valence-electron chi connectivity index (χ4n) is 4.30. The van der Waals surface area contributed by atoms with E-state index in [-0.39, 0.29) is 29.7 Å². The summed E-state index contributed by atoms with van der Waals surface area (Å²) in [6.07, 6.45) is 7.37. The molecule has 160 valence electrons. The number of aliphatic imine (C=N–C) groups is 1. The van der Waals surface area contributed by atoms with Gasteiger partial charge in [0.15, 0.2) is 5.96 Å². The second-order valence-corrected chi connectivity index (χ2v) is 10.6. The number of piperazine rings is 1. The topological polar surface area (TPSA) is 65.0 Å². The van der Waals surface area contributed by atoms with Crippen LogP contribution in [0.25, 0.3) is 0 Å². The molecule has 0 spiro atoms. The molecule has 2 rings (SSSR count). The fourth-order valence-corrected chi connectivity index (χ4v) is 4.97. The first kappa shape index (κ1) is 24.9. The minimum Gasteiger partial charge on any atom is -0.356 e. The third kappa shape index (κ3) is 8.43. The Morgan fingerprint density at radius 2 is 1.70 bits per heavy atom. The van der Waals surface area contributed by atoms with Gasteiger partial charge in [0.2, 0.25) is 0 Å². The molecule has 0 aromatic heterocycles. The van der Waals surface area contributed by atoms with Crippen LogP contribution in [-0.2, 0) is 9.84 Å². The highest BCUT2D eigenvalue weighted by molar-refractivity contribution is 14.0. The summed E-state index contributed by atoms with van der Waals surface area (Å²) < 4.78 is 22.4. The van der Waals surface area contributed by atoms with Crippen LogP contribution in [0.15, 0.2) is 4.99 Å². The molecular formula is C19H39IN4O2S. The largest absolute Gasteiger partial charge is 0.356 e. The minimum absolute atomic E-state index is 0. The van der Waals surface area contributed by atoms with Crippen molar-refractivity contribution in [1.82, 2.24) is 15.1 Å². The van der Waals surface area contributed by atoms with Crippen LogP contribution in [-0.4, -0.2) is 82.0 Å². The Hall–Kier alpha value is -0.0900. The van der Waals surface area contributed by atoms with Crippen molar-refractivity contribution in [2.45, 2.75) is 52.0 Å². The van der Waals surface area contributed by atoms with Gasteiger partial charge in [0.05, 0.1) is 5.75 Å². The Balaban J connectivity index is 0.00000364. The van der Waals surface area contributed by atoms with Gasteiger partial charge in [-0.3, -0.25) is 9.89 Å². The van der Waals surface area contributed by atoms with Crippen LogP contribution < -0.4 is 5.32 Å². The molecule has 27 heavy (non-hydrogen) atoms. The number of halogens is 1. The quantitative estimate of drug-likeness (QED) is 0.255. The molecule has 0 radical (unpaired) electrons. The Labute approximate surface area is 183 Å². The van der Waals surface area contributed by atoms with Crippen molar-refractivity contribution in [2.24, 2.45) is 16.8 Å². The van der Waals surface area contributed by atoms with E-state index in [1.807, 2.05) is 0 Å². The van der Waals surface area contributed by atoms with Crippen molar-refractivity contribution in [3.63, 3.8) is 0 Å². The van der Waals surface area contributed by atoms with Gasteiger partial charge in [-0.25, -0.2) is 8.42 Å². The third-order valence-corrected chi connectivity index (χ3v) is 7.03. The first-order valence-electron chi connectivity index (χ1n) is 10.2. The molecule has 8 heteroatoms. The van der Waals surface area contributed by atoms with E-state index in [1.165, 1.54) is 31.9 Å². The van der Waals surface area contributed by atoms with Crippen molar-refractivity contribution < 1.29 is 8.42 Å². The van der Waals surface area contributed by atoms with E-state index < -0.39 is 9.84 Å². The summed E-state index contributed by atoms with van der Waals surface area (Å²) in [5.74, 6) is 2.87. The highest BCUT2D eigenvalue weighted by Gasteiger charge is 2.29. The maximum atomic E-state index is 11.2. The first-order chi connectivity index (χ1) is 12.3. The third-order valence-electron chi connectivity index (χ3n) is 6.00. The standard InChI is InChI=1S/C19H38N4O2S.HI/c1-16(2)17-6-8-18(9-7-17)22-11-13-23(14-12-22)19(20-3)21-10-5-15-26(4,24)25;/h16-18H,5-15H2,1-4H3,(H,20,21);1H. The van der Waals surface area contributed by atoms with Crippen molar-refractivity contribution in [1.29, 1.82) is 0 Å². The van der Waals surface area contributed by atoms with Gasteiger partial charge in [-0.05, 0) is 43.9 Å². The van der Waals surface area contributed by atoms with E-state index in [9.17, 15) is 8.42 Å². The average molecular weight is 515 g/mol. The molecule has 0 aromatic carbocycles. The lowest BCUT2D eigenvalue weighted by atomic mass is 9.79. The molecule has 0 bridgehead atoms. The lowest BCUT2D eigenvalue weighted by Gasteiger charge is -2.43. The first-order valence-corrected chi connectivity index (χ1v) is 12.2. The molecule has 6 nitrogen and oxygen atoms in total. The summed E-state index contributed by atoms with van der Waals surface area (Å²) in [7, 11) is -1.08. The van der Waals surface area contributed by atoms with Crippen molar-refractivity contribution >= 4 is 39.8 Å². The van der Waals surface area contributed by atoms with E-state index >= 15 is 0 Å². The summed E-state index contributed by atoms with van der Waals surface area (Å²) in [4.78, 5) is 9.35. The summed E-state index contributed by atoms with van der Waals surface area (Å²) in [6.45, 7) is 9.56. The zero-order chi connectivity index (χ0) is 19.2. The average Bonchev–Trinajstić information content (AvgIpc) is 2.61. The van der Waals surface area contributed by atoms with Gasteiger partial charge in [0, 0.05) is 52.1 Å². The number of hydrogen-bond donors (Lipinski definition) is 1. The number of rotatable bonds is 6. The molecule has 2 fully saturated rings. The van der Waals surface area contributed by atoms with Gasteiger partial charge in [-0.1, -0.05) is 13.8 Å². The highest BCUT2D eigenvalue weighted by Crippen LogP contribution is 2.32. The highest BCUT2D eigenvalue weighted by atomic mass is 127. The van der Waals surface area contributed by atoms with Crippen LogP contribution >= 0.6 is 24.0 Å². The maximum Gasteiger partial charge on any atom is 0.193 e. The molecule has 2 aliphatic rings. The summed E-state index contributed by atoms with van der Waals surface area (Å²) in [6, 6.07) is 0.761. The Morgan fingerprint density at radius 3 is 2.19 bits per heavy atom. The van der Waals surface area contributed by atoms with E-state index in [1.54, 1.807) is 7.05 Å². The zero-order valence-electron chi connectivity index (χ0n) is 17.5. The van der Waals surface area contributed by atoms with Gasteiger partial charge >= 0.3 is 0 Å². The maximum absolute atomic E-state index is 11.2.